The summed E-state index contributed by atoms with van der Waals surface area (Å²) < 4.78 is 4.77. The van der Waals surface area contributed by atoms with Crippen molar-refractivity contribution < 1.29 is 14.3 Å². The smallest absolute Gasteiger partial charge is 0.233 e. The maximum absolute atomic E-state index is 11.6. The van der Waals surface area contributed by atoms with Gasteiger partial charge in [0.2, 0.25) is 11.8 Å². The second kappa shape index (κ2) is 7.93. The Morgan fingerprint density at radius 2 is 2.05 bits per heavy atom. The van der Waals surface area contributed by atoms with Gasteiger partial charge in [-0.25, -0.2) is 4.98 Å². The van der Waals surface area contributed by atoms with E-state index < -0.39 is 11.8 Å². The zero-order chi connectivity index (χ0) is 14.3. The van der Waals surface area contributed by atoms with Crippen LogP contribution in [-0.4, -0.2) is 37.1 Å². The van der Waals surface area contributed by atoms with E-state index in [1.54, 1.807) is 0 Å². The first-order chi connectivity index (χ1) is 9.02. The highest BCUT2D eigenvalue weighted by atomic mass is 35.5. The molecule has 1 aromatic heterocycles. The fourth-order valence-corrected chi connectivity index (χ4v) is 1.59. The van der Waals surface area contributed by atoms with Crippen molar-refractivity contribution in [2.45, 2.75) is 6.42 Å². The maximum Gasteiger partial charge on any atom is 0.233 e. The van der Waals surface area contributed by atoms with E-state index in [1.807, 2.05) is 0 Å². The van der Waals surface area contributed by atoms with Crippen LogP contribution in [0.2, 0.25) is 10.3 Å². The standard InChI is InChI=1S/C11H13Cl2N3O3/c1-19-5-4-14-9(17)6-10(18)15-7-2-3-8(12)16-11(7)13/h2-3H,4-6H2,1H3,(H,14,17)(H,15,18). The van der Waals surface area contributed by atoms with Crippen LogP contribution < -0.4 is 10.6 Å². The molecule has 0 aliphatic carbocycles. The van der Waals surface area contributed by atoms with Crippen molar-refractivity contribution in [3.63, 3.8) is 0 Å². The Kier molecular flexibility index (Phi) is 6.55. The summed E-state index contributed by atoms with van der Waals surface area (Å²) in [6.07, 6.45) is -0.303. The Hall–Kier alpha value is -1.37. The molecular formula is C11H13Cl2N3O3. The molecule has 104 valence electrons. The molecule has 1 heterocycles. The minimum absolute atomic E-state index is 0.0700. The number of amides is 2. The van der Waals surface area contributed by atoms with E-state index >= 15 is 0 Å². The number of hydrogen-bond acceptors (Lipinski definition) is 4. The average molecular weight is 306 g/mol. The summed E-state index contributed by atoms with van der Waals surface area (Å²) >= 11 is 11.4. The lowest BCUT2D eigenvalue weighted by atomic mass is 10.3. The number of carbonyl (C=O) groups excluding carboxylic acids is 2. The lowest BCUT2D eigenvalue weighted by Crippen LogP contribution is -2.30. The van der Waals surface area contributed by atoms with E-state index in [9.17, 15) is 9.59 Å². The van der Waals surface area contributed by atoms with Crippen molar-refractivity contribution in [3.05, 3.63) is 22.4 Å². The molecule has 0 unspecified atom stereocenters. The summed E-state index contributed by atoms with van der Waals surface area (Å²) in [6.45, 7) is 0.742. The molecule has 0 aromatic carbocycles. The molecule has 0 atom stereocenters. The first-order valence-corrected chi connectivity index (χ1v) is 6.16. The molecule has 0 aliphatic rings. The highest BCUT2D eigenvalue weighted by Gasteiger charge is 2.11. The van der Waals surface area contributed by atoms with E-state index in [0.717, 1.165) is 0 Å². The van der Waals surface area contributed by atoms with E-state index in [-0.39, 0.29) is 16.7 Å². The normalized spacial score (nSPS) is 10.1. The van der Waals surface area contributed by atoms with E-state index in [2.05, 4.69) is 15.6 Å². The van der Waals surface area contributed by atoms with Crippen LogP contribution in [0.25, 0.3) is 0 Å². The fraction of sp³-hybridized carbons (Fsp3) is 0.364. The molecule has 0 saturated carbocycles. The SMILES string of the molecule is COCCNC(=O)CC(=O)Nc1ccc(Cl)nc1Cl. The van der Waals surface area contributed by atoms with Gasteiger partial charge in [-0.3, -0.25) is 9.59 Å². The van der Waals surface area contributed by atoms with Crippen molar-refractivity contribution in [2.75, 3.05) is 25.6 Å². The third-order valence-electron chi connectivity index (χ3n) is 2.04. The largest absolute Gasteiger partial charge is 0.383 e. The van der Waals surface area contributed by atoms with Crippen molar-refractivity contribution in [2.24, 2.45) is 0 Å². The van der Waals surface area contributed by atoms with Crippen molar-refractivity contribution in [1.29, 1.82) is 0 Å². The molecule has 19 heavy (non-hydrogen) atoms. The zero-order valence-electron chi connectivity index (χ0n) is 10.2. The molecule has 2 amide bonds. The van der Waals surface area contributed by atoms with Gasteiger partial charge in [0, 0.05) is 13.7 Å². The van der Waals surface area contributed by atoms with Crippen LogP contribution in [0.4, 0.5) is 5.69 Å². The summed E-state index contributed by atoms with van der Waals surface area (Å²) in [5.41, 5.74) is 0.306. The molecule has 0 aliphatic heterocycles. The van der Waals surface area contributed by atoms with Crippen LogP contribution in [-0.2, 0) is 14.3 Å². The van der Waals surface area contributed by atoms with Gasteiger partial charge in [0.15, 0.2) is 5.15 Å². The number of methoxy groups -OCH3 is 1. The minimum atomic E-state index is -0.485. The Labute approximate surface area is 120 Å². The fourth-order valence-electron chi connectivity index (χ4n) is 1.20. The predicted molar refractivity (Wildman–Crippen MR) is 72.4 cm³/mol. The third-order valence-corrected chi connectivity index (χ3v) is 2.54. The average Bonchev–Trinajstić information content (AvgIpc) is 2.33. The van der Waals surface area contributed by atoms with Gasteiger partial charge in [0.25, 0.3) is 0 Å². The summed E-state index contributed by atoms with van der Waals surface area (Å²) in [5.74, 6) is -0.881. The number of anilines is 1. The number of pyridine rings is 1. The van der Waals surface area contributed by atoms with E-state index in [4.69, 9.17) is 27.9 Å². The number of aromatic nitrogens is 1. The molecule has 1 rings (SSSR count). The Morgan fingerprint density at radius 3 is 2.68 bits per heavy atom. The molecule has 2 N–H and O–H groups in total. The third kappa shape index (κ3) is 5.87. The highest BCUT2D eigenvalue weighted by Crippen LogP contribution is 2.21. The molecular weight excluding hydrogens is 293 g/mol. The number of halogens is 2. The molecule has 8 heteroatoms. The Morgan fingerprint density at radius 1 is 1.32 bits per heavy atom. The van der Waals surface area contributed by atoms with Gasteiger partial charge >= 0.3 is 0 Å². The highest BCUT2D eigenvalue weighted by molar-refractivity contribution is 6.34. The monoisotopic (exact) mass is 305 g/mol. The van der Waals surface area contributed by atoms with Crippen LogP contribution in [0, 0.1) is 0 Å². The van der Waals surface area contributed by atoms with Gasteiger partial charge in [-0.1, -0.05) is 23.2 Å². The van der Waals surface area contributed by atoms with Crippen LogP contribution in [0.3, 0.4) is 0 Å². The quantitative estimate of drug-likeness (QED) is 0.474. The molecule has 1 aromatic rings. The summed E-state index contributed by atoms with van der Waals surface area (Å²) in [7, 11) is 1.52. The molecule has 6 nitrogen and oxygen atoms in total. The van der Waals surface area contributed by atoms with Gasteiger partial charge in [0.05, 0.1) is 12.3 Å². The van der Waals surface area contributed by atoms with Gasteiger partial charge in [-0.05, 0) is 12.1 Å². The number of nitrogens with zero attached hydrogens (tertiary/aromatic N) is 1. The topological polar surface area (TPSA) is 80.3 Å². The van der Waals surface area contributed by atoms with Crippen molar-refractivity contribution in [3.8, 4) is 0 Å². The molecule has 0 fully saturated rings. The van der Waals surface area contributed by atoms with Crippen molar-refractivity contribution >= 4 is 40.7 Å². The molecule has 0 saturated heterocycles. The lowest BCUT2D eigenvalue weighted by molar-refractivity contribution is -0.126. The number of ether oxygens (including phenoxy) is 1. The van der Waals surface area contributed by atoms with Crippen LogP contribution >= 0.6 is 23.2 Å². The van der Waals surface area contributed by atoms with Gasteiger partial charge < -0.3 is 15.4 Å². The van der Waals surface area contributed by atoms with Crippen molar-refractivity contribution in [1.82, 2.24) is 10.3 Å². The first-order valence-electron chi connectivity index (χ1n) is 5.40. The van der Waals surface area contributed by atoms with E-state index in [1.165, 1.54) is 19.2 Å². The second-order valence-electron chi connectivity index (χ2n) is 3.54. The molecule has 0 spiro atoms. The van der Waals surface area contributed by atoms with Gasteiger partial charge in [-0.2, -0.15) is 0 Å². The lowest BCUT2D eigenvalue weighted by Gasteiger charge is -2.07. The first kappa shape index (κ1) is 15.7. The number of hydrogen-bond donors (Lipinski definition) is 2. The Bertz CT molecular complexity index is 468. The second-order valence-corrected chi connectivity index (χ2v) is 4.29. The molecule has 0 radical (unpaired) electrons. The van der Waals surface area contributed by atoms with Crippen LogP contribution in [0.5, 0.6) is 0 Å². The number of carbonyl (C=O) groups is 2. The van der Waals surface area contributed by atoms with Gasteiger partial charge in [-0.15, -0.1) is 0 Å². The predicted octanol–water partition coefficient (Wildman–Crippen LogP) is 1.48. The van der Waals surface area contributed by atoms with Gasteiger partial charge in [0.1, 0.15) is 11.6 Å². The van der Waals surface area contributed by atoms with Crippen LogP contribution in [0.15, 0.2) is 12.1 Å². The number of nitrogens with one attached hydrogen (secondary N) is 2. The summed E-state index contributed by atoms with van der Waals surface area (Å²) in [4.78, 5) is 26.7. The Balaban J connectivity index is 2.44. The number of rotatable bonds is 6. The summed E-state index contributed by atoms with van der Waals surface area (Å²) in [5, 5.41) is 5.30. The summed E-state index contributed by atoms with van der Waals surface area (Å²) in [6, 6.07) is 3.00. The molecule has 0 bridgehead atoms. The van der Waals surface area contributed by atoms with Crippen LogP contribution in [0.1, 0.15) is 6.42 Å². The maximum atomic E-state index is 11.6. The zero-order valence-corrected chi connectivity index (χ0v) is 11.7. The minimum Gasteiger partial charge on any atom is -0.383 e. The van der Waals surface area contributed by atoms with E-state index in [0.29, 0.717) is 18.8 Å².